The molecule has 1 aliphatic carbocycles. The number of ether oxygens (including phenoxy) is 1. The zero-order valence-corrected chi connectivity index (χ0v) is 16.9. The Morgan fingerprint density at radius 1 is 1.14 bits per heavy atom. The van der Waals surface area contributed by atoms with E-state index in [9.17, 15) is 18.0 Å². The normalized spacial score (nSPS) is 21.1. The lowest BCUT2D eigenvalue weighted by molar-refractivity contribution is -0.150. The molecule has 1 amide bonds. The average molecular weight is 416 g/mol. The zero-order chi connectivity index (χ0) is 20.9. The maximum atomic E-state index is 12.8. The number of hydrogen-bond donors (Lipinski definition) is 0. The molecule has 1 aliphatic heterocycles. The van der Waals surface area contributed by atoms with Crippen molar-refractivity contribution in [2.24, 2.45) is 0 Å². The van der Waals surface area contributed by atoms with E-state index in [-0.39, 0.29) is 29.5 Å². The summed E-state index contributed by atoms with van der Waals surface area (Å²) in [6.07, 6.45) is 6.96. The molecule has 1 aromatic carbocycles. The molecule has 0 aromatic heterocycles. The molecule has 0 unspecified atom stereocenters. The fourth-order valence-electron chi connectivity index (χ4n) is 3.97. The van der Waals surface area contributed by atoms with Crippen molar-refractivity contribution >= 4 is 27.8 Å². The summed E-state index contributed by atoms with van der Waals surface area (Å²) in [5.74, 6) is -0.893. The van der Waals surface area contributed by atoms with Crippen LogP contribution in [0.15, 0.2) is 30.3 Å². The molecule has 7 nitrogen and oxygen atoms in total. The number of amides is 1. The number of carbonyl (C=O) groups excluding carboxylic acids is 2. The van der Waals surface area contributed by atoms with Crippen molar-refractivity contribution < 1.29 is 22.7 Å². The first-order valence-electron chi connectivity index (χ1n) is 9.74. The van der Waals surface area contributed by atoms with Gasteiger partial charge in [-0.3, -0.25) is 4.79 Å². The molecule has 1 heterocycles. The maximum absolute atomic E-state index is 12.8. The Morgan fingerprint density at radius 2 is 1.83 bits per heavy atom. The van der Waals surface area contributed by atoms with E-state index in [1.165, 1.54) is 6.08 Å². The van der Waals surface area contributed by atoms with Crippen molar-refractivity contribution in [3.05, 3.63) is 41.5 Å². The minimum Gasteiger partial charge on any atom is -0.452 e. The summed E-state index contributed by atoms with van der Waals surface area (Å²) in [6, 6.07) is 8.40. The van der Waals surface area contributed by atoms with Gasteiger partial charge >= 0.3 is 5.97 Å². The second-order valence-electron chi connectivity index (χ2n) is 7.47. The second-order valence-corrected chi connectivity index (χ2v) is 9.70. The van der Waals surface area contributed by atoms with Crippen molar-refractivity contribution in [3.8, 4) is 6.07 Å². The molecule has 2 aliphatic rings. The highest BCUT2D eigenvalue weighted by molar-refractivity contribution is 7.91. The summed E-state index contributed by atoms with van der Waals surface area (Å²) in [6.45, 7) is -0.399. The number of rotatable bonds is 6. The molecular formula is C21H24N2O5S. The Hall–Kier alpha value is -2.66. The highest BCUT2D eigenvalue weighted by Gasteiger charge is 2.39. The number of carbonyl (C=O) groups is 2. The number of esters is 1. The average Bonchev–Trinajstić information content (AvgIpc) is 3.35. The summed E-state index contributed by atoms with van der Waals surface area (Å²) in [7, 11) is -3.11. The van der Waals surface area contributed by atoms with Gasteiger partial charge in [0.1, 0.15) is 0 Å². The molecule has 154 valence electrons. The predicted molar refractivity (Wildman–Crippen MR) is 107 cm³/mol. The quantitative estimate of drug-likeness (QED) is 0.519. The van der Waals surface area contributed by atoms with Crippen molar-refractivity contribution in [2.75, 3.05) is 18.1 Å². The summed E-state index contributed by atoms with van der Waals surface area (Å²) in [5, 5.41) is 8.79. The van der Waals surface area contributed by atoms with Gasteiger partial charge in [-0.2, -0.15) is 5.26 Å². The first kappa shape index (κ1) is 21.1. The summed E-state index contributed by atoms with van der Waals surface area (Å²) >= 11 is 0. The van der Waals surface area contributed by atoms with E-state index in [0.717, 1.165) is 31.2 Å². The van der Waals surface area contributed by atoms with Crippen LogP contribution in [0.3, 0.4) is 0 Å². The van der Waals surface area contributed by atoms with Crippen LogP contribution in [-0.4, -0.2) is 55.4 Å². The Balaban J connectivity index is 1.58. The first-order chi connectivity index (χ1) is 13.9. The van der Waals surface area contributed by atoms with Gasteiger partial charge in [-0.05, 0) is 43.0 Å². The summed E-state index contributed by atoms with van der Waals surface area (Å²) in [5.41, 5.74) is 1.26. The Labute approximate surface area is 170 Å². The van der Waals surface area contributed by atoms with Gasteiger partial charge in [0.25, 0.3) is 5.91 Å². The Morgan fingerprint density at radius 3 is 2.41 bits per heavy atom. The van der Waals surface area contributed by atoms with Crippen LogP contribution >= 0.6 is 0 Å². The maximum Gasteiger partial charge on any atom is 0.331 e. The third-order valence-corrected chi connectivity index (χ3v) is 7.15. The van der Waals surface area contributed by atoms with Crippen LogP contribution in [0.25, 0.3) is 6.08 Å². The van der Waals surface area contributed by atoms with Crippen LogP contribution in [0.5, 0.6) is 0 Å². The van der Waals surface area contributed by atoms with E-state index in [1.54, 1.807) is 35.2 Å². The first-order valence-corrected chi connectivity index (χ1v) is 11.6. The van der Waals surface area contributed by atoms with Crippen molar-refractivity contribution in [2.45, 2.75) is 44.2 Å². The smallest absolute Gasteiger partial charge is 0.331 e. The minimum absolute atomic E-state index is 0.0121. The predicted octanol–water partition coefficient (Wildman–Crippen LogP) is 2.07. The third-order valence-electron chi connectivity index (χ3n) is 5.40. The van der Waals surface area contributed by atoms with Gasteiger partial charge < -0.3 is 9.64 Å². The highest BCUT2D eigenvalue weighted by Crippen LogP contribution is 2.29. The molecule has 29 heavy (non-hydrogen) atoms. The van der Waals surface area contributed by atoms with E-state index < -0.39 is 22.4 Å². The Kier molecular flexibility index (Phi) is 6.70. The van der Waals surface area contributed by atoms with Crippen molar-refractivity contribution in [1.82, 2.24) is 4.90 Å². The SMILES string of the molecule is N#Cc1ccc(/C=C/C(=O)OCC(=O)N(C2CCCC2)[C@@H]2CCS(=O)(=O)C2)cc1. The van der Waals surface area contributed by atoms with E-state index in [2.05, 4.69) is 0 Å². The lowest BCUT2D eigenvalue weighted by Crippen LogP contribution is -2.48. The minimum atomic E-state index is -3.11. The number of nitrogens with zero attached hydrogens (tertiary/aromatic N) is 2. The monoisotopic (exact) mass is 416 g/mol. The Bertz CT molecular complexity index is 925. The fourth-order valence-corrected chi connectivity index (χ4v) is 5.68. The van der Waals surface area contributed by atoms with E-state index in [0.29, 0.717) is 12.0 Å². The third kappa shape index (κ3) is 5.67. The molecule has 0 radical (unpaired) electrons. The molecule has 8 heteroatoms. The topological polar surface area (TPSA) is 105 Å². The lowest BCUT2D eigenvalue weighted by Gasteiger charge is -2.33. The molecule has 1 atom stereocenters. The zero-order valence-electron chi connectivity index (χ0n) is 16.1. The van der Waals surface area contributed by atoms with Gasteiger partial charge in [0.15, 0.2) is 16.4 Å². The number of hydrogen-bond acceptors (Lipinski definition) is 6. The molecule has 0 bridgehead atoms. The van der Waals surface area contributed by atoms with Gasteiger partial charge in [0, 0.05) is 18.2 Å². The van der Waals surface area contributed by atoms with Crippen LogP contribution in [-0.2, 0) is 24.2 Å². The van der Waals surface area contributed by atoms with Crippen LogP contribution < -0.4 is 0 Å². The van der Waals surface area contributed by atoms with Crippen molar-refractivity contribution in [3.63, 3.8) is 0 Å². The number of benzene rings is 1. The number of nitriles is 1. The van der Waals surface area contributed by atoms with E-state index in [1.807, 2.05) is 6.07 Å². The molecule has 3 rings (SSSR count). The van der Waals surface area contributed by atoms with Crippen LogP contribution in [0.1, 0.15) is 43.2 Å². The summed E-state index contributed by atoms with van der Waals surface area (Å²) in [4.78, 5) is 26.4. The molecule has 1 saturated carbocycles. The fraction of sp³-hybridized carbons (Fsp3) is 0.476. The van der Waals surface area contributed by atoms with Crippen molar-refractivity contribution in [1.29, 1.82) is 5.26 Å². The van der Waals surface area contributed by atoms with Gasteiger partial charge in [-0.1, -0.05) is 25.0 Å². The lowest BCUT2D eigenvalue weighted by atomic mass is 10.1. The summed E-state index contributed by atoms with van der Waals surface area (Å²) < 4.78 is 28.8. The largest absolute Gasteiger partial charge is 0.452 e. The second kappa shape index (κ2) is 9.23. The van der Waals surface area contributed by atoms with Crippen LogP contribution in [0.2, 0.25) is 0 Å². The van der Waals surface area contributed by atoms with Gasteiger partial charge in [-0.15, -0.1) is 0 Å². The van der Waals surface area contributed by atoms with Gasteiger partial charge in [0.05, 0.1) is 23.1 Å². The number of sulfone groups is 1. The molecule has 0 N–H and O–H groups in total. The van der Waals surface area contributed by atoms with E-state index >= 15 is 0 Å². The van der Waals surface area contributed by atoms with Gasteiger partial charge in [-0.25, -0.2) is 13.2 Å². The molecule has 1 aromatic rings. The standard InChI is InChI=1S/C21H24N2O5S/c22-13-17-7-5-16(6-8-17)9-10-21(25)28-14-20(24)23(18-3-1-2-4-18)19-11-12-29(26,27)15-19/h5-10,18-19H,1-4,11-12,14-15H2/b10-9+/t19-/m1/s1. The molecule has 1 saturated heterocycles. The van der Waals surface area contributed by atoms with E-state index in [4.69, 9.17) is 10.00 Å². The highest BCUT2D eigenvalue weighted by atomic mass is 32.2. The molecule has 2 fully saturated rings. The van der Waals surface area contributed by atoms with Gasteiger partial charge in [0.2, 0.25) is 0 Å². The van der Waals surface area contributed by atoms with Crippen LogP contribution in [0.4, 0.5) is 0 Å². The molecular weight excluding hydrogens is 392 g/mol. The molecule has 0 spiro atoms. The van der Waals surface area contributed by atoms with Crippen LogP contribution in [0, 0.1) is 11.3 Å².